The zero-order valence-electron chi connectivity index (χ0n) is 15.3. The smallest absolute Gasteiger partial charge is 0.307 e. The molecule has 1 rings (SSSR count). The zero-order chi connectivity index (χ0) is 17.8. The lowest BCUT2D eigenvalue weighted by atomic mass is 9.79. The average molecular weight is 336 g/mol. The number of nitriles is 1. The fourth-order valence-electron chi connectivity index (χ4n) is 3.43. The van der Waals surface area contributed by atoms with E-state index in [2.05, 4.69) is 13.0 Å². The number of carbonyl (C=O) groups excluding carboxylic acids is 2. The summed E-state index contributed by atoms with van der Waals surface area (Å²) in [7, 11) is 0. The van der Waals surface area contributed by atoms with Crippen molar-refractivity contribution in [3.63, 3.8) is 0 Å². The third kappa shape index (κ3) is 7.33. The molecule has 1 fully saturated rings. The molecule has 5 heteroatoms. The first-order chi connectivity index (χ1) is 11.6. The van der Waals surface area contributed by atoms with Crippen LogP contribution >= 0.6 is 0 Å². The molecule has 0 radical (unpaired) electrons. The number of unbranched alkanes of at least 4 members (excludes halogenated alkanes) is 1. The van der Waals surface area contributed by atoms with E-state index in [9.17, 15) is 9.59 Å². The van der Waals surface area contributed by atoms with Crippen molar-refractivity contribution < 1.29 is 14.3 Å². The van der Waals surface area contributed by atoms with E-state index >= 15 is 0 Å². The molecule has 24 heavy (non-hydrogen) atoms. The van der Waals surface area contributed by atoms with Crippen LogP contribution in [0, 0.1) is 23.2 Å². The number of hydrogen-bond acceptors (Lipinski definition) is 4. The van der Waals surface area contributed by atoms with Crippen molar-refractivity contribution >= 4 is 11.9 Å². The van der Waals surface area contributed by atoms with E-state index in [0.717, 1.165) is 31.6 Å². The molecule has 0 aliphatic heterocycles. The SMILES string of the molecule is CCCCC1CCC(C(=O)N(CCC#N)CCC(=O)OCC)CC1. The topological polar surface area (TPSA) is 70.4 Å². The Morgan fingerprint density at radius 1 is 1.17 bits per heavy atom. The van der Waals surface area contributed by atoms with Gasteiger partial charge in [-0.05, 0) is 38.5 Å². The second-order valence-electron chi connectivity index (χ2n) is 6.65. The molecule has 0 unspecified atom stereocenters. The monoisotopic (exact) mass is 336 g/mol. The minimum absolute atomic E-state index is 0.0590. The van der Waals surface area contributed by atoms with Crippen LogP contribution in [-0.4, -0.2) is 36.5 Å². The van der Waals surface area contributed by atoms with Crippen molar-refractivity contribution in [3.8, 4) is 6.07 Å². The maximum atomic E-state index is 12.8. The Morgan fingerprint density at radius 2 is 1.88 bits per heavy atom. The molecular weight excluding hydrogens is 304 g/mol. The number of nitrogens with zero attached hydrogens (tertiary/aromatic N) is 2. The van der Waals surface area contributed by atoms with Crippen molar-refractivity contribution in [1.29, 1.82) is 5.26 Å². The van der Waals surface area contributed by atoms with Crippen LogP contribution in [0.15, 0.2) is 0 Å². The lowest BCUT2D eigenvalue weighted by Gasteiger charge is -2.32. The number of ether oxygens (including phenoxy) is 1. The maximum Gasteiger partial charge on any atom is 0.307 e. The second-order valence-corrected chi connectivity index (χ2v) is 6.65. The fraction of sp³-hybridized carbons (Fsp3) is 0.842. The zero-order valence-corrected chi connectivity index (χ0v) is 15.3. The highest BCUT2D eigenvalue weighted by Crippen LogP contribution is 2.33. The summed E-state index contributed by atoms with van der Waals surface area (Å²) in [4.78, 5) is 26.0. The van der Waals surface area contributed by atoms with Crippen LogP contribution in [0.2, 0.25) is 0 Å². The molecule has 5 nitrogen and oxygen atoms in total. The second kappa shape index (κ2) is 11.9. The van der Waals surface area contributed by atoms with Crippen LogP contribution < -0.4 is 0 Å². The molecule has 0 aromatic rings. The summed E-state index contributed by atoms with van der Waals surface area (Å²) in [6.45, 7) is 5.10. The van der Waals surface area contributed by atoms with E-state index in [4.69, 9.17) is 10.00 Å². The summed E-state index contributed by atoms with van der Waals surface area (Å²) < 4.78 is 4.93. The van der Waals surface area contributed by atoms with Crippen LogP contribution in [-0.2, 0) is 14.3 Å². The molecule has 1 saturated carbocycles. The van der Waals surface area contributed by atoms with Gasteiger partial charge in [-0.25, -0.2) is 0 Å². The Morgan fingerprint density at radius 3 is 2.46 bits per heavy atom. The molecule has 0 aromatic carbocycles. The van der Waals surface area contributed by atoms with Gasteiger partial charge in [0.05, 0.1) is 25.5 Å². The first kappa shape index (κ1) is 20.5. The van der Waals surface area contributed by atoms with Crippen LogP contribution in [0.25, 0.3) is 0 Å². The summed E-state index contributed by atoms with van der Waals surface area (Å²) in [6, 6.07) is 2.09. The minimum atomic E-state index is -0.282. The molecule has 0 spiro atoms. The molecule has 0 atom stereocenters. The van der Waals surface area contributed by atoms with Gasteiger partial charge in [-0.1, -0.05) is 26.2 Å². The van der Waals surface area contributed by atoms with Gasteiger partial charge in [-0.15, -0.1) is 0 Å². The third-order valence-corrected chi connectivity index (χ3v) is 4.86. The highest BCUT2D eigenvalue weighted by atomic mass is 16.5. The predicted molar refractivity (Wildman–Crippen MR) is 93.0 cm³/mol. The fourth-order valence-corrected chi connectivity index (χ4v) is 3.43. The molecule has 0 heterocycles. The predicted octanol–water partition coefficient (Wildman–Crippen LogP) is 3.68. The van der Waals surface area contributed by atoms with E-state index in [1.165, 1.54) is 19.3 Å². The van der Waals surface area contributed by atoms with Crippen molar-refractivity contribution in [2.24, 2.45) is 11.8 Å². The van der Waals surface area contributed by atoms with Crippen molar-refractivity contribution in [2.75, 3.05) is 19.7 Å². The van der Waals surface area contributed by atoms with Crippen LogP contribution in [0.3, 0.4) is 0 Å². The van der Waals surface area contributed by atoms with E-state index in [1.807, 2.05) is 0 Å². The highest BCUT2D eigenvalue weighted by molar-refractivity contribution is 5.79. The molecule has 1 aliphatic rings. The average Bonchev–Trinajstić information content (AvgIpc) is 2.60. The van der Waals surface area contributed by atoms with E-state index in [1.54, 1.807) is 11.8 Å². The number of esters is 1. The Balaban J connectivity index is 2.49. The lowest BCUT2D eigenvalue weighted by molar-refractivity contribution is -0.144. The van der Waals surface area contributed by atoms with Gasteiger partial charge in [0, 0.05) is 19.0 Å². The van der Waals surface area contributed by atoms with Crippen molar-refractivity contribution in [3.05, 3.63) is 0 Å². The Kier molecular flexibility index (Phi) is 10.1. The number of amides is 1. The van der Waals surface area contributed by atoms with Gasteiger partial charge in [0.25, 0.3) is 0 Å². The van der Waals surface area contributed by atoms with E-state index in [-0.39, 0.29) is 24.2 Å². The van der Waals surface area contributed by atoms with Crippen LogP contribution in [0.4, 0.5) is 0 Å². The first-order valence-corrected chi connectivity index (χ1v) is 9.43. The van der Waals surface area contributed by atoms with Crippen LogP contribution in [0.1, 0.15) is 71.6 Å². The molecule has 1 aliphatic carbocycles. The third-order valence-electron chi connectivity index (χ3n) is 4.86. The van der Waals surface area contributed by atoms with Crippen molar-refractivity contribution in [1.82, 2.24) is 4.90 Å². The van der Waals surface area contributed by atoms with Gasteiger partial charge >= 0.3 is 5.97 Å². The molecular formula is C19H32N2O3. The first-order valence-electron chi connectivity index (χ1n) is 9.43. The van der Waals surface area contributed by atoms with Gasteiger partial charge in [-0.3, -0.25) is 9.59 Å². The lowest BCUT2D eigenvalue weighted by Crippen LogP contribution is -2.39. The van der Waals surface area contributed by atoms with Crippen molar-refractivity contribution in [2.45, 2.75) is 71.6 Å². The summed E-state index contributed by atoms with van der Waals surface area (Å²) in [5.74, 6) is 0.656. The Labute approximate surface area is 146 Å². The summed E-state index contributed by atoms with van der Waals surface area (Å²) >= 11 is 0. The molecule has 0 saturated heterocycles. The quantitative estimate of drug-likeness (QED) is 0.571. The number of carbonyl (C=O) groups is 2. The summed E-state index contributed by atoms with van der Waals surface area (Å²) in [6.07, 6.45) is 8.42. The maximum absolute atomic E-state index is 12.8. The van der Waals surface area contributed by atoms with E-state index < -0.39 is 0 Å². The molecule has 0 aromatic heterocycles. The minimum Gasteiger partial charge on any atom is -0.466 e. The van der Waals surface area contributed by atoms with Gasteiger partial charge in [0.1, 0.15) is 0 Å². The number of hydrogen-bond donors (Lipinski definition) is 0. The molecule has 0 N–H and O–H groups in total. The largest absolute Gasteiger partial charge is 0.466 e. The van der Waals surface area contributed by atoms with Gasteiger partial charge in [-0.2, -0.15) is 5.26 Å². The standard InChI is InChI=1S/C19H32N2O3/c1-3-5-7-16-8-10-17(11-9-16)19(23)21(14-6-13-20)15-12-18(22)24-4-2/h16-17H,3-12,14-15H2,1-2H3. The molecule has 136 valence electrons. The summed E-state index contributed by atoms with van der Waals surface area (Å²) in [5, 5.41) is 8.81. The van der Waals surface area contributed by atoms with Gasteiger partial charge in [0.15, 0.2) is 0 Å². The highest BCUT2D eigenvalue weighted by Gasteiger charge is 2.29. The number of rotatable bonds is 10. The molecule has 0 bridgehead atoms. The Bertz CT molecular complexity index is 423. The summed E-state index contributed by atoms with van der Waals surface area (Å²) in [5.41, 5.74) is 0. The Hall–Kier alpha value is -1.57. The van der Waals surface area contributed by atoms with Crippen LogP contribution in [0.5, 0.6) is 0 Å². The van der Waals surface area contributed by atoms with E-state index in [0.29, 0.717) is 26.1 Å². The molecule has 1 amide bonds. The van der Waals surface area contributed by atoms with Gasteiger partial charge in [0.2, 0.25) is 5.91 Å². The van der Waals surface area contributed by atoms with Gasteiger partial charge < -0.3 is 9.64 Å². The normalized spacial score (nSPS) is 20.2.